The molecule has 8 heteroatoms. The molecule has 2 aromatic rings. The molecule has 1 atom stereocenters. The molecule has 0 bridgehead atoms. The van der Waals surface area contributed by atoms with Gasteiger partial charge >= 0.3 is 0 Å². The van der Waals surface area contributed by atoms with Gasteiger partial charge in [0.1, 0.15) is 11.5 Å². The van der Waals surface area contributed by atoms with Crippen LogP contribution in [0.5, 0.6) is 0 Å². The van der Waals surface area contributed by atoms with Gasteiger partial charge in [-0.05, 0) is 20.2 Å². The fourth-order valence-corrected chi connectivity index (χ4v) is 2.23. The Kier molecular flexibility index (Phi) is 4.71. The number of hydrogen-bond acceptors (Lipinski definition) is 5. The van der Waals surface area contributed by atoms with E-state index in [-0.39, 0.29) is 17.4 Å². The van der Waals surface area contributed by atoms with Gasteiger partial charge in [0.25, 0.3) is 5.69 Å². The third-order valence-electron chi connectivity index (χ3n) is 3.37. The molecule has 1 aromatic carbocycles. The van der Waals surface area contributed by atoms with E-state index in [9.17, 15) is 14.5 Å². The quantitative estimate of drug-likeness (QED) is 0.654. The van der Waals surface area contributed by atoms with Crippen LogP contribution < -0.4 is 5.32 Å². The molecule has 7 nitrogen and oxygen atoms in total. The molecule has 0 aliphatic carbocycles. The number of likely N-dealkylation sites (N-methyl/N-ethyl adjacent to an activating group) is 1. The molecule has 0 amide bonds. The lowest BCUT2D eigenvalue weighted by atomic mass is 10.1. The van der Waals surface area contributed by atoms with Crippen molar-refractivity contribution in [2.45, 2.75) is 6.04 Å². The van der Waals surface area contributed by atoms with Crippen molar-refractivity contribution in [3.8, 4) is 0 Å². The molecule has 0 fully saturated rings. The summed E-state index contributed by atoms with van der Waals surface area (Å²) in [6.07, 6.45) is 3.62. The number of benzene rings is 1. The first-order chi connectivity index (χ1) is 10.4. The van der Waals surface area contributed by atoms with Gasteiger partial charge in [0.2, 0.25) is 0 Å². The number of nitro benzene ring substituents is 1. The maximum Gasteiger partial charge on any atom is 0.292 e. The molecule has 118 valence electrons. The van der Waals surface area contributed by atoms with Crippen LogP contribution in [-0.4, -0.2) is 40.2 Å². The highest BCUT2D eigenvalue weighted by molar-refractivity contribution is 5.61. The van der Waals surface area contributed by atoms with Crippen LogP contribution in [0.4, 0.5) is 15.8 Å². The molecular formula is C14H18FN5O2. The zero-order valence-corrected chi connectivity index (χ0v) is 12.7. The SMILES string of the molecule is CN(C)[C@H](CNc1cc(F)ccc1[N+](=O)[O-])c1cnn(C)c1. The number of nitrogens with one attached hydrogen (secondary N) is 1. The number of rotatable bonds is 6. The Morgan fingerprint density at radius 1 is 1.50 bits per heavy atom. The van der Waals surface area contributed by atoms with Gasteiger partial charge in [-0.1, -0.05) is 0 Å². The van der Waals surface area contributed by atoms with Gasteiger partial charge in [-0.25, -0.2) is 4.39 Å². The van der Waals surface area contributed by atoms with Crippen LogP contribution in [0.25, 0.3) is 0 Å². The first kappa shape index (κ1) is 15.9. The van der Waals surface area contributed by atoms with Crippen LogP contribution in [0.1, 0.15) is 11.6 Å². The summed E-state index contributed by atoms with van der Waals surface area (Å²) in [5.74, 6) is -0.518. The van der Waals surface area contributed by atoms with Crippen molar-refractivity contribution in [3.05, 3.63) is 52.1 Å². The number of nitrogens with zero attached hydrogens (tertiary/aromatic N) is 4. The summed E-state index contributed by atoms with van der Waals surface area (Å²) in [5.41, 5.74) is 0.991. The molecule has 0 radical (unpaired) electrons. The standard InChI is InChI=1S/C14H18FN5O2/c1-18(2)14(10-7-17-19(3)9-10)8-16-12-6-11(15)4-5-13(12)20(21)22/h4-7,9,14,16H,8H2,1-3H3/t14-/m1/s1. The molecule has 1 aromatic heterocycles. The molecule has 0 unspecified atom stereocenters. The smallest absolute Gasteiger partial charge is 0.292 e. The molecule has 1 N–H and O–H groups in total. The third-order valence-corrected chi connectivity index (χ3v) is 3.37. The number of halogens is 1. The van der Waals surface area contributed by atoms with Crippen molar-refractivity contribution >= 4 is 11.4 Å². The summed E-state index contributed by atoms with van der Waals surface area (Å²) in [6, 6.07) is 3.32. The largest absolute Gasteiger partial charge is 0.377 e. The van der Waals surface area contributed by atoms with E-state index >= 15 is 0 Å². The van der Waals surface area contributed by atoms with E-state index < -0.39 is 10.7 Å². The normalized spacial score (nSPS) is 12.4. The van der Waals surface area contributed by atoms with E-state index in [1.54, 1.807) is 10.9 Å². The van der Waals surface area contributed by atoms with Gasteiger partial charge in [0.05, 0.1) is 17.2 Å². The average molecular weight is 307 g/mol. The van der Waals surface area contributed by atoms with E-state index in [1.807, 2.05) is 32.2 Å². The van der Waals surface area contributed by atoms with E-state index in [4.69, 9.17) is 0 Å². The second-order valence-corrected chi connectivity index (χ2v) is 5.23. The first-order valence-electron chi connectivity index (χ1n) is 6.71. The minimum atomic E-state index is -0.531. The average Bonchev–Trinajstić information content (AvgIpc) is 2.84. The molecule has 0 spiro atoms. The molecule has 0 saturated heterocycles. The van der Waals surface area contributed by atoms with Crippen LogP contribution >= 0.6 is 0 Å². The zero-order chi connectivity index (χ0) is 16.3. The Morgan fingerprint density at radius 2 is 2.23 bits per heavy atom. The molecule has 2 rings (SSSR count). The number of aryl methyl sites for hydroxylation is 1. The van der Waals surface area contributed by atoms with Gasteiger partial charge in [-0.2, -0.15) is 5.10 Å². The van der Waals surface area contributed by atoms with E-state index in [0.717, 1.165) is 23.8 Å². The molecule has 22 heavy (non-hydrogen) atoms. The van der Waals surface area contributed by atoms with Crippen molar-refractivity contribution in [3.63, 3.8) is 0 Å². The van der Waals surface area contributed by atoms with Gasteiger partial charge in [-0.15, -0.1) is 0 Å². The lowest BCUT2D eigenvalue weighted by molar-refractivity contribution is -0.384. The topological polar surface area (TPSA) is 76.2 Å². The van der Waals surface area contributed by atoms with Crippen molar-refractivity contribution in [1.29, 1.82) is 0 Å². The predicted octanol–water partition coefficient (Wildman–Crippen LogP) is 2.18. The van der Waals surface area contributed by atoms with Crippen molar-refractivity contribution in [2.24, 2.45) is 7.05 Å². The molecular weight excluding hydrogens is 289 g/mol. The summed E-state index contributed by atoms with van der Waals surface area (Å²) in [6.45, 7) is 0.392. The Bertz CT molecular complexity index is 671. The van der Waals surface area contributed by atoms with Crippen LogP contribution in [0.3, 0.4) is 0 Å². The lowest BCUT2D eigenvalue weighted by Gasteiger charge is -2.24. The molecule has 0 saturated carbocycles. The Morgan fingerprint density at radius 3 is 2.77 bits per heavy atom. The van der Waals surface area contributed by atoms with Gasteiger partial charge in [-0.3, -0.25) is 14.8 Å². The van der Waals surface area contributed by atoms with Crippen molar-refractivity contribution in [2.75, 3.05) is 26.0 Å². The number of hydrogen-bond donors (Lipinski definition) is 1. The summed E-state index contributed by atoms with van der Waals surface area (Å²) < 4.78 is 15.0. The van der Waals surface area contributed by atoms with Crippen molar-refractivity contribution in [1.82, 2.24) is 14.7 Å². The van der Waals surface area contributed by atoms with Gasteiger partial charge in [0, 0.05) is 37.5 Å². The maximum atomic E-state index is 13.3. The van der Waals surface area contributed by atoms with Crippen LogP contribution in [0, 0.1) is 15.9 Å². The van der Waals surface area contributed by atoms with Crippen LogP contribution in [-0.2, 0) is 7.05 Å². The van der Waals surface area contributed by atoms with Crippen molar-refractivity contribution < 1.29 is 9.31 Å². The summed E-state index contributed by atoms with van der Waals surface area (Å²) in [7, 11) is 5.62. The Labute approximate surface area is 127 Å². The van der Waals surface area contributed by atoms with Gasteiger partial charge in [0.15, 0.2) is 0 Å². The summed E-state index contributed by atoms with van der Waals surface area (Å²) in [4.78, 5) is 12.4. The second-order valence-electron chi connectivity index (χ2n) is 5.23. The highest BCUT2D eigenvalue weighted by atomic mass is 19.1. The molecule has 0 aliphatic heterocycles. The van der Waals surface area contributed by atoms with Crippen LogP contribution in [0.2, 0.25) is 0 Å². The fraction of sp³-hybridized carbons (Fsp3) is 0.357. The van der Waals surface area contributed by atoms with Gasteiger partial charge < -0.3 is 10.2 Å². The summed E-state index contributed by atoms with van der Waals surface area (Å²) >= 11 is 0. The predicted molar refractivity (Wildman–Crippen MR) is 81.2 cm³/mol. The minimum Gasteiger partial charge on any atom is -0.377 e. The second kappa shape index (κ2) is 6.52. The maximum absolute atomic E-state index is 13.3. The number of nitro groups is 1. The Hall–Kier alpha value is -2.48. The lowest BCUT2D eigenvalue weighted by Crippen LogP contribution is -2.26. The monoisotopic (exact) mass is 307 g/mol. The number of aromatic nitrogens is 2. The highest BCUT2D eigenvalue weighted by Gasteiger charge is 2.19. The minimum absolute atomic E-state index is 0.0448. The van der Waals surface area contributed by atoms with E-state index in [0.29, 0.717) is 6.54 Å². The third kappa shape index (κ3) is 3.59. The van der Waals surface area contributed by atoms with Crippen LogP contribution in [0.15, 0.2) is 30.6 Å². The summed E-state index contributed by atoms with van der Waals surface area (Å²) in [5, 5.41) is 18.1. The van der Waals surface area contributed by atoms with E-state index in [1.165, 1.54) is 0 Å². The highest BCUT2D eigenvalue weighted by Crippen LogP contribution is 2.26. The first-order valence-corrected chi connectivity index (χ1v) is 6.71. The molecule has 0 aliphatic rings. The zero-order valence-electron chi connectivity index (χ0n) is 12.7. The Balaban J connectivity index is 2.20. The number of anilines is 1. The van der Waals surface area contributed by atoms with E-state index in [2.05, 4.69) is 10.4 Å². The fourth-order valence-electron chi connectivity index (χ4n) is 2.23. The molecule has 1 heterocycles.